The standard InChI is InChI=1S/C11H11NO5/c1-7(13)6-10(11(14)15)8-2-4-9(5-3-8)12(16)17/h2-5,10H,6H2,1H3,(H,14,15)/p-1. The number of hydrogen-bond acceptors (Lipinski definition) is 5. The number of carboxylic acids is 1. The number of hydrogen-bond donors (Lipinski definition) is 0. The van der Waals surface area contributed by atoms with Gasteiger partial charge in [0.05, 0.1) is 4.92 Å². The van der Waals surface area contributed by atoms with Gasteiger partial charge in [-0.2, -0.15) is 0 Å². The summed E-state index contributed by atoms with van der Waals surface area (Å²) >= 11 is 0. The van der Waals surface area contributed by atoms with E-state index in [0.717, 1.165) is 0 Å². The maximum Gasteiger partial charge on any atom is 0.269 e. The predicted octanol–water partition coefficient (Wildman–Crippen LogP) is 0.407. The molecule has 0 heterocycles. The Bertz CT molecular complexity index is 451. The molecule has 0 saturated carbocycles. The Labute approximate surface area is 97.0 Å². The predicted molar refractivity (Wildman–Crippen MR) is 56.1 cm³/mol. The molecule has 17 heavy (non-hydrogen) atoms. The van der Waals surface area contributed by atoms with E-state index in [1.165, 1.54) is 31.2 Å². The number of nitrogens with zero attached hydrogens (tertiary/aromatic N) is 1. The number of ketones is 1. The minimum absolute atomic E-state index is 0.131. The van der Waals surface area contributed by atoms with Crippen molar-refractivity contribution in [1.82, 2.24) is 0 Å². The normalized spacial score (nSPS) is 11.8. The van der Waals surface area contributed by atoms with Crippen LogP contribution in [0.15, 0.2) is 24.3 Å². The molecule has 0 bridgehead atoms. The molecule has 0 fully saturated rings. The number of benzene rings is 1. The molecule has 0 aliphatic carbocycles. The number of non-ortho nitro benzene ring substituents is 1. The molecule has 0 saturated heterocycles. The molecule has 0 aliphatic rings. The first-order valence-electron chi connectivity index (χ1n) is 4.86. The lowest BCUT2D eigenvalue weighted by molar-refractivity contribution is -0.384. The van der Waals surface area contributed by atoms with Crippen molar-refractivity contribution >= 4 is 17.4 Å². The molecule has 6 nitrogen and oxygen atoms in total. The minimum Gasteiger partial charge on any atom is -0.549 e. The zero-order chi connectivity index (χ0) is 13.0. The van der Waals surface area contributed by atoms with Gasteiger partial charge in [0.2, 0.25) is 0 Å². The summed E-state index contributed by atoms with van der Waals surface area (Å²) in [6, 6.07) is 5.04. The lowest BCUT2D eigenvalue weighted by Gasteiger charge is -2.16. The van der Waals surface area contributed by atoms with Gasteiger partial charge in [0.1, 0.15) is 5.78 Å². The average molecular weight is 236 g/mol. The van der Waals surface area contributed by atoms with Crippen molar-refractivity contribution in [2.24, 2.45) is 0 Å². The molecule has 0 amide bonds. The van der Waals surface area contributed by atoms with Gasteiger partial charge in [0.25, 0.3) is 5.69 Å². The van der Waals surface area contributed by atoms with Crippen molar-refractivity contribution in [3.63, 3.8) is 0 Å². The second-order valence-corrected chi connectivity index (χ2v) is 3.63. The van der Waals surface area contributed by atoms with E-state index in [9.17, 15) is 24.8 Å². The molecule has 1 aromatic rings. The zero-order valence-corrected chi connectivity index (χ0v) is 9.08. The summed E-state index contributed by atoms with van der Waals surface area (Å²) < 4.78 is 0. The van der Waals surface area contributed by atoms with E-state index in [0.29, 0.717) is 5.56 Å². The summed E-state index contributed by atoms with van der Waals surface area (Å²) in [4.78, 5) is 31.6. The first-order chi connectivity index (χ1) is 7.91. The highest BCUT2D eigenvalue weighted by atomic mass is 16.6. The third-order valence-electron chi connectivity index (χ3n) is 2.28. The molecule has 0 N–H and O–H groups in total. The number of nitro groups is 1. The lowest BCUT2D eigenvalue weighted by Crippen LogP contribution is -2.30. The second kappa shape index (κ2) is 5.20. The van der Waals surface area contributed by atoms with Gasteiger partial charge in [-0.1, -0.05) is 12.1 Å². The van der Waals surface area contributed by atoms with E-state index in [-0.39, 0.29) is 17.9 Å². The molecule has 1 atom stereocenters. The SMILES string of the molecule is CC(=O)CC(C(=O)[O-])c1ccc([N+](=O)[O-])cc1. The topological polar surface area (TPSA) is 100 Å². The molecular formula is C11H10NO5-. The molecule has 0 aromatic heterocycles. The van der Waals surface area contributed by atoms with Crippen LogP contribution in [-0.4, -0.2) is 16.7 Å². The number of carbonyl (C=O) groups is 2. The van der Waals surface area contributed by atoms with Crippen molar-refractivity contribution in [3.8, 4) is 0 Å². The van der Waals surface area contributed by atoms with E-state index in [1.54, 1.807) is 0 Å². The first kappa shape index (κ1) is 12.8. The Morgan fingerprint density at radius 1 is 1.29 bits per heavy atom. The van der Waals surface area contributed by atoms with E-state index in [2.05, 4.69) is 0 Å². The third kappa shape index (κ3) is 3.37. The maximum absolute atomic E-state index is 10.9. The van der Waals surface area contributed by atoms with Crippen molar-refractivity contribution < 1.29 is 19.6 Å². The van der Waals surface area contributed by atoms with Crippen LogP contribution in [-0.2, 0) is 9.59 Å². The molecule has 1 rings (SSSR count). The zero-order valence-electron chi connectivity index (χ0n) is 9.08. The second-order valence-electron chi connectivity index (χ2n) is 3.63. The van der Waals surface area contributed by atoms with Crippen LogP contribution in [0.3, 0.4) is 0 Å². The number of Topliss-reactive ketones (excluding diaryl/α,β-unsaturated/α-hetero) is 1. The Morgan fingerprint density at radius 2 is 1.82 bits per heavy atom. The Hall–Kier alpha value is -2.24. The minimum atomic E-state index is -1.37. The van der Waals surface area contributed by atoms with Gasteiger partial charge in [-0.15, -0.1) is 0 Å². The fourth-order valence-electron chi connectivity index (χ4n) is 1.45. The van der Waals surface area contributed by atoms with Crippen LogP contribution >= 0.6 is 0 Å². The van der Waals surface area contributed by atoms with E-state index in [1.807, 2.05) is 0 Å². The summed E-state index contributed by atoms with van der Waals surface area (Å²) in [7, 11) is 0. The Morgan fingerprint density at radius 3 is 2.18 bits per heavy atom. The van der Waals surface area contributed by atoms with Gasteiger partial charge in [-0.3, -0.25) is 14.9 Å². The van der Waals surface area contributed by atoms with Gasteiger partial charge in [0, 0.05) is 30.4 Å². The molecule has 6 heteroatoms. The van der Waals surface area contributed by atoms with Crippen LogP contribution in [0, 0.1) is 10.1 Å². The van der Waals surface area contributed by atoms with Crippen LogP contribution in [0.5, 0.6) is 0 Å². The fraction of sp³-hybridized carbons (Fsp3) is 0.273. The number of carboxylic acid groups (broad SMARTS) is 1. The molecule has 0 aliphatic heterocycles. The van der Waals surface area contributed by atoms with Gasteiger partial charge < -0.3 is 9.90 Å². The van der Waals surface area contributed by atoms with Crippen LogP contribution < -0.4 is 5.11 Å². The quantitative estimate of drug-likeness (QED) is 0.544. The Kier molecular flexibility index (Phi) is 3.92. The van der Waals surface area contributed by atoms with Crippen LogP contribution in [0.1, 0.15) is 24.8 Å². The highest BCUT2D eigenvalue weighted by molar-refractivity contribution is 5.84. The van der Waals surface area contributed by atoms with Gasteiger partial charge in [-0.05, 0) is 12.5 Å². The number of nitro benzene ring substituents is 1. The summed E-state index contributed by atoms with van der Waals surface area (Å²) in [6.07, 6.45) is -0.180. The van der Waals surface area contributed by atoms with Gasteiger partial charge in [0.15, 0.2) is 0 Å². The maximum atomic E-state index is 10.9. The van der Waals surface area contributed by atoms with E-state index >= 15 is 0 Å². The number of aliphatic carboxylic acids is 1. The number of carbonyl (C=O) groups excluding carboxylic acids is 2. The number of rotatable bonds is 5. The molecule has 1 unspecified atom stereocenters. The summed E-state index contributed by atoms with van der Waals surface area (Å²) in [6.45, 7) is 1.28. The fourth-order valence-corrected chi connectivity index (χ4v) is 1.45. The van der Waals surface area contributed by atoms with Crippen molar-refractivity contribution in [3.05, 3.63) is 39.9 Å². The van der Waals surface area contributed by atoms with Crippen LogP contribution in [0.2, 0.25) is 0 Å². The molecular weight excluding hydrogens is 226 g/mol. The smallest absolute Gasteiger partial charge is 0.269 e. The van der Waals surface area contributed by atoms with Crippen molar-refractivity contribution in [1.29, 1.82) is 0 Å². The highest BCUT2D eigenvalue weighted by Crippen LogP contribution is 2.22. The largest absolute Gasteiger partial charge is 0.549 e. The summed E-state index contributed by atoms with van der Waals surface area (Å²) in [5, 5.41) is 21.3. The van der Waals surface area contributed by atoms with Crippen molar-refractivity contribution in [2.45, 2.75) is 19.3 Å². The lowest BCUT2D eigenvalue weighted by atomic mass is 9.94. The van der Waals surface area contributed by atoms with Crippen LogP contribution in [0.25, 0.3) is 0 Å². The summed E-state index contributed by atoms with van der Waals surface area (Å²) in [5.74, 6) is -2.71. The monoisotopic (exact) mass is 236 g/mol. The highest BCUT2D eigenvalue weighted by Gasteiger charge is 2.16. The van der Waals surface area contributed by atoms with Gasteiger partial charge >= 0.3 is 0 Å². The van der Waals surface area contributed by atoms with E-state index in [4.69, 9.17) is 0 Å². The molecule has 90 valence electrons. The average Bonchev–Trinajstić information content (AvgIpc) is 2.25. The first-order valence-corrected chi connectivity index (χ1v) is 4.86. The molecule has 0 radical (unpaired) electrons. The Balaban J connectivity index is 2.99. The molecule has 0 spiro atoms. The third-order valence-corrected chi connectivity index (χ3v) is 2.28. The van der Waals surface area contributed by atoms with Crippen molar-refractivity contribution in [2.75, 3.05) is 0 Å². The van der Waals surface area contributed by atoms with Crippen LogP contribution in [0.4, 0.5) is 5.69 Å². The summed E-state index contributed by atoms with van der Waals surface area (Å²) in [5.41, 5.74) is 0.194. The van der Waals surface area contributed by atoms with Gasteiger partial charge in [-0.25, -0.2) is 0 Å². The van der Waals surface area contributed by atoms with E-state index < -0.39 is 16.8 Å². The molecule has 1 aromatic carbocycles.